The van der Waals surface area contributed by atoms with E-state index in [1.54, 1.807) is 0 Å². The Hall–Kier alpha value is -2.58. The molecule has 1 aliphatic heterocycles. The molecule has 0 radical (unpaired) electrons. The lowest BCUT2D eigenvalue weighted by Crippen LogP contribution is -2.53. The van der Waals surface area contributed by atoms with E-state index in [9.17, 15) is 0 Å². The number of nitrogens with one attached hydrogen (secondary N) is 1. The highest BCUT2D eigenvalue weighted by Gasteiger charge is 2.21. The summed E-state index contributed by atoms with van der Waals surface area (Å²) in [5.74, 6) is 1.94. The average Bonchev–Trinajstić information content (AvgIpc) is 3.20. The summed E-state index contributed by atoms with van der Waals surface area (Å²) in [6, 6.07) is 10.2. The molecular formula is C23H37N7O. The van der Waals surface area contributed by atoms with Gasteiger partial charge in [-0.2, -0.15) is 5.10 Å². The molecule has 8 nitrogen and oxygen atoms in total. The van der Waals surface area contributed by atoms with Crippen LogP contribution in [0.25, 0.3) is 0 Å². The van der Waals surface area contributed by atoms with Gasteiger partial charge in [-0.25, -0.2) is 0 Å². The van der Waals surface area contributed by atoms with Gasteiger partial charge < -0.3 is 19.9 Å². The number of hydrogen-bond donors (Lipinski definition) is 1. The highest BCUT2D eigenvalue weighted by Crippen LogP contribution is 2.18. The maximum absolute atomic E-state index is 5.85. The van der Waals surface area contributed by atoms with E-state index in [0.29, 0.717) is 13.2 Å². The Morgan fingerprint density at radius 3 is 2.55 bits per heavy atom. The number of piperazine rings is 1. The number of aryl methyl sites for hydroxylation is 1. The van der Waals surface area contributed by atoms with Crippen molar-refractivity contribution in [2.45, 2.75) is 13.0 Å². The summed E-state index contributed by atoms with van der Waals surface area (Å²) in [6.45, 7) is 9.32. The van der Waals surface area contributed by atoms with Crippen molar-refractivity contribution >= 4 is 5.96 Å². The predicted molar refractivity (Wildman–Crippen MR) is 126 cm³/mol. The minimum absolute atomic E-state index is 0.207. The maximum atomic E-state index is 5.85. The van der Waals surface area contributed by atoms with Crippen LogP contribution in [-0.4, -0.2) is 97.0 Å². The van der Waals surface area contributed by atoms with Gasteiger partial charge in [0.15, 0.2) is 5.96 Å². The number of hydrogen-bond acceptors (Lipinski definition) is 5. The summed E-state index contributed by atoms with van der Waals surface area (Å²) in [4.78, 5) is 12.0. The van der Waals surface area contributed by atoms with Gasteiger partial charge in [-0.15, -0.1) is 0 Å². The minimum Gasteiger partial charge on any atom is -0.492 e. The number of ether oxygens (including phenoxy) is 1. The molecule has 0 amide bonds. The molecule has 1 fully saturated rings. The molecule has 1 unspecified atom stereocenters. The highest BCUT2D eigenvalue weighted by molar-refractivity contribution is 5.80. The zero-order valence-corrected chi connectivity index (χ0v) is 19.4. The van der Waals surface area contributed by atoms with Crippen molar-refractivity contribution in [3.05, 3.63) is 48.3 Å². The summed E-state index contributed by atoms with van der Waals surface area (Å²) in [5.41, 5.74) is 1.19. The van der Waals surface area contributed by atoms with E-state index in [0.717, 1.165) is 51.0 Å². The zero-order valence-electron chi connectivity index (χ0n) is 19.4. The van der Waals surface area contributed by atoms with Crippen molar-refractivity contribution < 1.29 is 4.74 Å². The van der Waals surface area contributed by atoms with Crippen molar-refractivity contribution in [3.8, 4) is 5.75 Å². The van der Waals surface area contributed by atoms with Crippen LogP contribution in [0, 0.1) is 0 Å². The predicted octanol–water partition coefficient (Wildman–Crippen LogP) is 1.68. The van der Waals surface area contributed by atoms with E-state index in [1.807, 2.05) is 48.3 Å². The van der Waals surface area contributed by atoms with Crippen LogP contribution in [0.4, 0.5) is 0 Å². The molecule has 1 N–H and O–H groups in total. The van der Waals surface area contributed by atoms with Gasteiger partial charge >= 0.3 is 0 Å². The van der Waals surface area contributed by atoms with Crippen molar-refractivity contribution in [1.29, 1.82) is 0 Å². The molecule has 8 heteroatoms. The molecule has 1 atom stereocenters. The van der Waals surface area contributed by atoms with Crippen LogP contribution in [-0.2, 0) is 7.05 Å². The van der Waals surface area contributed by atoms with Crippen LogP contribution in [0.5, 0.6) is 5.75 Å². The fourth-order valence-corrected chi connectivity index (χ4v) is 3.77. The number of guanidine groups is 1. The van der Waals surface area contributed by atoms with E-state index in [1.165, 1.54) is 5.56 Å². The van der Waals surface area contributed by atoms with Crippen molar-refractivity contribution in [2.75, 3.05) is 66.5 Å². The second-order valence-corrected chi connectivity index (χ2v) is 8.11. The summed E-state index contributed by atoms with van der Waals surface area (Å²) < 4.78 is 7.70. The minimum atomic E-state index is 0.207. The molecule has 31 heavy (non-hydrogen) atoms. The average molecular weight is 428 g/mol. The van der Waals surface area contributed by atoms with E-state index in [-0.39, 0.29) is 6.04 Å². The normalized spacial score (nSPS) is 16.5. The first kappa shape index (κ1) is 23.1. The Morgan fingerprint density at radius 2 is 1.94 bits per heavy atom. The summed E-state index contributed by atoms with van der Waals surface area (Å²) in [5, 5.41) is 7.80. The summed E-state index contributed by atoms with van der Waals surface area (Å²) in [7, 11) is 6.14. The molecule has 0 aliphatic carbocycles. The van der Waals surface area contributed by atoms with Gasteiger partial charge in [0.05, 0.1) is 18.8 Å². The molecule has 0 bridgehead atoms. The Bertz CT molecular complexity index is 797. The fourth-order valence-electron chi connectivity index (χ4n) is 3.77. The zero-order chi connectivity index (χ0) is 22.1. The Kier molecular flexibility index (Phi) is 8.73. The highest BCUT2D eigenvalue weighted by atomic mass is 16.5. The third-order valence-corrected chi connectivity index (χ3v) is 5.57. The quantitative estimate of drug-likeness (QED) is 0.485. The maximum Gasteiger partial charge on any atom is 0.194 e. The standard InChI is InChI=1S/C23H37N7O/c1-5-24-23(25-18-22(27(2)3)20-17-26-28(4)19-20)30-13-11-29(12-14-30)15-16-31-21-9-7-6-8-10-21/h6-10,17,19,22H,5,11-16,18H2,1-4H3,(H,24,25). The second-order valence-electron chi connectivity index (χ2n) is 8.11. The number of aliphatic imine (C=N–C) groups is 1. The summed E-state index contributed by atoms with van der Waals surface area (Å²) in [6.07, 6.45) is 4.01. The lowest BCUT2D eigenvalue weighted by atomic mass is 10.1. The molecule has 2 heterocycles. The molecule has 3 rings (SSSR count). The van der Waals surface area contributed by atoms with Crippen LogP contribution < -0.4 is 10.1 Å². The lowest BCUT2D eigenvalue weighted by Gasteiger charge is -2.36. The Balaban J connectivity index is 1.50. The van der Waals surface area contributed by atoms with Crippen LogP contribution in [0.3, 0.4) is 0 Å². The number of likely N-dealkylation sites (N-methyl/N-ethyl adjacent to an activating group) is 1. The Labute approximate surface area is 186 Å². The van der Waals surface area contributed by atoms with E-state index in [2.05, 4.69) is 52.3 Å². The summed E-state index contributed by atoms with van der Waals surface area (Å²) >= 11 is 0. The van der Waals surface area contributed by atoms with Crippen molar-refractivity contribution in [2.24, 2.45) is 12.0 Å². The number of para-hydroxylation sites is 1. The fraction of sp³-hybridized carbons (Fsp3) is 0.565. The van der Waals surface area contributed by atoms with E-state index < -0.39 is 0 Å². The number of benzene rings is 1. The molecule has 1 saturated heterocycles. The van der Waals surface area contributed by atoms with Crippen LogP contribution in [0.2, 0.25) is 0 Å². The van der Waals surface area contributed by atoms with Gasteiger partial charge in [0.2, 0.25) is 0 Å². The molecule has 2 aromatic rings. The topological polar surface area (TPSA) is 61.2 Å². The van der Waals surface area contributed by atoms with Gasteiger partial charge in [0.1, 0.15) is 12.4 Å². The number of aromatic nitrogens is 2. The van der Waals surface area contributed by atoms with Crippen molar-refractivity contribution in [3.63, 3.8) is 0 Å². The third-order valence-electron chi connectivity index (χ3n) is 5.57. The molecular weight excluding hydrogens is 390 g/mol. The largest absolute Gasteiger partial charge is 0.492 e. The first-order valence-electron chi connectivity index (χ1n) is 11.1. The number of nitrogens with zero attached hydrogens (tertiary/aromatic N) is 6. The third kappa shape index (κ3) is 6.97. The van der Waals surface area contributed by atoms with Crippen LogP contribution in [0.1, 0.15) is 18.5 Å². The molecule has 170 valence electrons. The molecule has 1 aromatic carbocycles. The van der Waals surface area contributed by atoms with Gasteiger partial charge in [0, 0.05) is 58.1 Å². The first-order chi connectivity index (χ1) is 15.1. The van der Waals surface area contributed by atoms with E-state index in [4.69, 9.17) is 9.73 Å². The smallest absolute Gasteiger partial charge is 0.194 e. The van der Waals surface area contributed by atoms with Gasteiger partial charge in [0.25, 0.3) is 0 Å². The molecule has 1 aliphatic rings. The lowest BCUT2D eigenvalue weighted by molar-refractivity contribution is 0.152. The Morgan fingerprint density at radius 1 is 1.19 bits per heavy atom. The first-order valence-corrected chi connectivity index (χ1v) is 11.1. The molecule has 1 aromatic heterocycles. The van der Waals surface area contributed by atoms with E-state index >= 15 is 0 Å². The molecule has 0 spiro atoms. The van der Waals surface area contributed by atoms with Gasteiger partial charge in [-0.1, -0.05) is 18.2 Å². The van der Waals surface area contributed by atoms with Crippen molar-refractivity contribution in [1.82, 2.24) is 29.8 Å². The van der Waals surface area contributed by atoms with Gasteiger partial charge in [-0.05, 0) is 33.2 Å². The van der Waals surface area contributed by atoms with Crippen LogP contribution >= 0.6 is 0 Å². The SMILES string of the molecule is CCNC(=NCC(c1cnn(C)c1)N(C)C)N1CCN(CCOc2ccccc2)CC1. The number of rotatable bonds is 9. The molecule has 0 saturated carbocycles. The monoisotopic (exact) mass is 427 g/mol. The second kappa shape index (κ2) is 11.7. The van der Waals surface area contributed by atoms with Gasteiger partial charge in [-0.3, -0.25) is 14.6 Å². The van der Waals surface area contributed by atoms with Crippen LogP contribution in [0.15, 0.2) is 47.7 Å².